The first-order valence-corrected chi connectivity index (χ1v) is 5.00. The van der Waals surface area contributed by atoms with E-state index in [0.717, 1.165) is 13.1 Å². The van der Waals surface area contributed by atoms with Crippen molar-refractivity contribution in [3.05, 3.63) is 0 Å². The molecule has 1 heterocycles. The molecule has 0 atom stereocenters. The fraction of sp³-hybridized carbons (Fsp3) is 1.00. The van der Waals surface area contributed by atoms with Gasteiger partial charge in [-0.15, -0.1) is 0 Å². The lowest BCUT2D eigenvalue weighted by Crippen LogP contribution is -2.66. The average molecular weight is 164 g/mol. The molecule has 1 aliphatic rings. The monoisotopic (exact) mass is 164 g/mol. The minimum Gasteiger partial charge on any atom is -0.313 e. The van der Waals surface area contributed by atoms with Crippen LogP contribution in [0, 0.1) is 0 Å². The molecule has 0 saturated carbocycles. The summed E-state index contributed by atoms with van der Waals surface area (Å²) in [4.78, 5) is 0. The molecule has 0 bridgehead atoms. The van der Waals surface area contributed by atoms with E-state index >= 15 is 0 Å². The molecule has 0 spiro atoms. The van der Waals surface area contributed by atoms with Gasteiger partial charge in [0, 0.05) is 13.1 Å². The molecule has 60 valence electrons. The van der Waals surface area contributed by atoms with Gasteiger partial charge in [-0.1, -0.05) is 0 Å². The van der Waals surface area contributed by atoms with E-state index in [2.05, 4.69) is 10.0 Å². The number of rotatable bonds is 2. The molecule has 1 fully saturated rings. The van der Waals surface area contributed by atoms with Crippen LogP contribution in [0.25, 0.3) is 0 Å². The molecule has 1 saturated heterocycles. The molecular formula is C5H12N2O2S. The molecule has 0 aromatic carbocycles. The summed E-state index contributed by atoms with van der Waals surface area (Å²) in [6.45, 7) is 3.32. The molecule has 0 radical (unpaired) electrons. The summed E-state index contributed by atoms with van der Waals surface area (Å²) in [7, 11) is -3.03. The average Bonchev–Trinajstić information content (AvgIpc) is 1.57. The molecule has 5 heteroatoms. The number of nitrogens with one attached hydrogen (secondary N) is 2. The lowest BCUT2D eigenvalue weighted by molar-refractivity contribution is 0.280. The van der Waals surface area contributed by atoms with E-state index < -0.39 is 10.0 Å². The van der Waals surface area contributed by atoms with E-state index in [1.54, 1.807) is 0 Å². The van der Waals surface area contributed by atoms with Gasteiger partial charge in [-0.25, -0.2) is 13.1 Å². The first kappa shape index (κ1) is 7.97. The van der Waals surface area contributed by atoms with Gasteiger partial charge in [-0.3, -0.25) is 0 Å². The first-order valence-electron chi connectivity index (χ1n) is 3.11. The van der Waals surface area contributed by atoms with Crippen LogP contribution >= 0.6 is 0 Å². The van der Waals surface area contributed by atoms with Gasteiger partial charge in [0.25, 0.3) is 0 Å². The Morgan fingerprint density at radius 1 is 1.50 bits per heavy atom. The van der Waals surface area contributed by atoms with E-state index in [9.17, 15) is 8.42 Å². The molecule has 1 rings (SSSR count). The van der Waals surface area contributed by atoms with Gasteiger partial charge in [0.1, 0.15) is 0 Å². The van der Waals surface area contributed by atoms with Crippen LogP contribution in [0.1, 0.15) is 6.92 Å². The molecule has 0 aromatic rings. The predicted octanol–water partition coefficient (Wildman–Crippen LogP) is -1.10. The van der Waals surface area contributed by atoms with Gasteiger partial charge in [-0.05, 0) is 6.92 Å². The minimum atomic E-state index is -3.03. The number of hydrogen-bond donors (Lipinski definition) is 2. The summed E-state index contributed by atoms with van der Waals surface area (Å²) in [6.07, 6.45) is 1.18. The van der Waals surface area contributed by atoms with Crippen molar-refractivity contribution in [3.8, 4) is 0 Å². The maximum absolute atomic E-state index is 10.7. The van der Waals surface area contributed by atoms with Gasteiger partial charge < -0.3 is 5.32 Å². The second-order valence-electron chi connectivity index (χ2n) is 3.04. The van der Waals surface area contributed by atoms with Crippen molar-refractivity contribution in [1.29, 1.82) is 0 Å². The van der Waals surface area contributed by atoms with Crippen molar-refractivity contribution in [3.63, 3.8) is 0 Å². The zero-order valence-electron chi connectivity index (χ0n) is 6.14. The Kier molecular flexibility index (Phi) is 1.74. The highest BCUT2D eigenvalue weighted by Gasteiger charge is 2.33. The standard InChI is InChI=1S/C5H12N2O2S/c1-5(3-6-4-5)7-10(2,8)9/h6-7H,3-4H2,1-2H3. The van der Waals surface area contributed by atoms with Crippen molar-refractivity contribution >= 4 is 10.0 Å². The Hall–Kier alpha value is -0.130. The van der Waals surface area contributed by atoms with Crippen LogP contribution in [0.3, 0.4) is 0 Å². The van der Waals surface area contributed by atoms with Crippen LogP contribution in [0.15, 0.2) is 0 Å². The third-order valence-corrected chi connectivity index (χ3v) is 2.33. The molecule has 0 aromatic heterocycles. The summed E-state index contributed by atoms with van der Waals surface area (Å²) in [5.74, 6) is 0. The van der Waals surface area contributed by atoms with E-state index in [4.69, 9.17) is 0 Å². The molecule has 10 heavy (non-hydrogen) atoms. The van der Waals surface area contributed by atoms with Crippen LogP contribution in [0.5, 0.6) is 0 Å². The summed E-state index contributed by atoms with van der Waals surface area (Å²) in [5, 5.41) is 3.00. The maximum Gasteiger partial charge on any atom is 0.209 e. The SMILES string of the molecule is CC1(NS(C)(=O)=O)CNC1. The molecule has 2 N–H and O–H groups in total. The van der Waals surface area contributed by atoms with Crippen LogP contribution in [-0.4, -0.2) is 33.3 Å². The molecule has 1 aliphatic heterocycles. The highest BCUT2D eigenvalue weighted by Crippen LogP contribution is 2.09. The Balaban J connectivity index is 2.53. The lowest BCUT2D eigenvalue weighted by Gasteiger charge is -2.39. The topological polar surface area (TPSA) is 58.2 Å². The zero-order chi connectivity index (χ0) is 7.83. The van der Waals surface area contributed by atoms with Crippen molar-refractivity contribution in [1.82, 2.24) is 10.0 Å². The smallest absolute Gasteiger partial charge is 0.209 e. The zero-order valence-corrected chi connectivity index (χ0v) is 6.96. The van der Waals surface area contributed by atoms with Crippen LogP contribution < -0.4 is 10.0 Å². The van der Waals surface area contributed by atoms with Gasteiger partial charge in [0.2, 0.25) is 10.0 Å². The fourth-order valence-electron chi connectivity index (χ4n) is 1.02. The van der Waals surface area contributed by atoms with Crippen LogP contribution in [0.4, 0.5) is 0 Å². The second-order valence-corrected chi connectivity index (χ2v) is 4.79. The predicted molar refractivity (Wildman–Crippen MR) is 39.3 cm³/mol. The third kappa shape index (κ3) is 1.93. The summed E-state index contributed by atoms with van der Waals surface area (Å²) in [5.41, 5.74) is -0.242. The van der Waals surface area contributed by atoms with Gasteiger partial charge >= 0.3 is 0 Å². The van der Waals surface area contributed by atoms with E-state index in [0.29, 0.717) is 0 Å². The van der Waals surface area contributed by atoms with Crippen molar-refractivity contribution < 1.29 is 8.42 Å². The molecular weight excluding hydrogens is 152 g/mol. The molecule has 0 unspecified atom stereocenters. The second kappa shape index (κ2) is 2.18. The lowest BCUT2D eigenvalue weighted by atomic mass is 9.97. The Morgan fingerprint density at radius 3 is 2.10 bits per heavy atom. The van der Waals surface area contributed by atoms with Crippen molar-refractivity contribution in [2.45, 2.75) is 12.5 Å². The summed E-state index contributed by atoms with van der Waals surface area (Å²) < 4.78 is 23.9. The minimum absolute atomic E-state index is 0.242. The van der Waals surface area contributed by atoms with Crippen molar-refractivity contribution in [2.75, 3.05) is 19.3 Å². The third-order valence-electron chi connectivity index (χ3n) is 1.46. The van der Waals surface area contributed by atoms with Gasteiger partial charge in [-0.2, -0.15) is 0 Å². The fourth-order valence-corrected chi connectivity index (χ4v) is 2.06. The van der Waals surface area contributed by atoms with Crippen LogP contribution in [-0.2, 0) is 10.0 Å². The molecule has 0 aliphatic carbocycles. The van der Waals surface area contributed by atoms with Gasteiger partial charge in [0.05, 0.1) is 11.8 Å². The normalized spacial score (nSPS) is 23.8. The first-order chi connectivity index (χ1) is 4.41. The molecule has 0 amide bonds. The number of sulfonamides is 1. The Labute approximate surface area is 61.1 Å². The largest absolute Gasteiger partial charge is 0.313 e. The highest BCUT2D eigenvalue weighted by molar-refractivity contribution is 7.88. The molecule has 4 nitrogen and oxygen atoms in total. The van der Waals surface area contributed by atoms with Crippen molar-refractivity contribution in [2.24, 2.45) is 0 Å². The van der Waals surface area contributed by atoms with E-state index in [-0.39, 0.29) is 5.54 Å². The Morgan fingerprint density at radius 2 is 2.00 bits per heavy atom. The Bertz CT molecular complexity index is 218. The van der Waals surface area contributed by atoms with E-state index in [1.807, 2.05) is 6.92 Å². The summed E-state index contributed by atoms with van der Waals surface area (Å²) >= 11 is 0. The summed E-state index contributed by atoms with van der Waals surface area (Å²) in [6, 6.07) is 0. The highest BCUT2D eigenvalue weighted by atomic mass is 32.2. The van der Waals surface area contributed by atoms with E-state index in [1.165, 1.54) is 6.26 Å². The number of hydrogen-bond acceptors (Lipinski definition) is 3. The van der Waals surface area contributed by atoms with Crippen LogP contribution in [0.2, 0.25) is 0 Å². The maximum atomic E-state index is 10.7. The van der Waals surface area contributed by atoms with Gasteiger partial charge in [0.15, 0.2) is 0 Å². The quantitative estimate of drug-likeness (QED) is 0.544.